The number of anilines is 1. The van der Waals surface area contributed by atoms with Gasteiger partial charge in [-0.1, -0.05) is 41.7 Å². The first-order chi connectivity index (χ1) is 13.5. The summed E-state index contributed by atoms with van der Waals surface area (Å²) in [5.41, 5.74) is 4.28. The van der Waals surface area contributed by atoms with Crippen LogP contribution in [-0.2, 0) is 4.74 Å². The van der Waals surface area contributed by atoms with Gasteiger partial charge in [0.15, 0.2) is 0 Å². The van der Waals surface area contributed by atoms with Gasteiger partial charge in [-0.15, -0.1) is 0 Å². The molecule has 3 rings (SSSR count). The fraction of sp³-hybridized carbons (Fsp3) is 0.0833. The maximum absolute atomic E-state index is 12.4. The molecular weight excluding hydrogens is 350 g/mol. The van der Waals surface area contributed by atoms with E-state index < -0.39 is 5.97 Å². The number of nitrogens with one attached hydrogen (secondary N) is 1. The molecule has 1 amide bonds. The Kier molecular flexibility index (Phi) is 5.88. The Bertz CT molecular complexity index is 1070. The SMILES string of the molecule is COC(=O)c1cccc(C#Cc2cccc(NC(=O)c3ccc(C)cc3)c2)c1. The molecule has 3 aromatic carbocycles. The normalized spacial score (nSPS) is 9.79. The molecule has 0 aromatic heterocycles. The number of ether oxygens (including phenoxy) is 1. The summed E-state index contributed by atoms with van der Waals surface area (Å²) in [5, 5.41) is 2.88. The van der Waals surface area contributed by atoms with Gasteiger partial charge in [0.1, 0.15) is 0 Å². The second kappa shape index (κ2) is 8.70. The molecule has 0 radical (unpaired) electrons. The molecule has 0 aliphatic heterocycles. The molecule has 0 bridgehead atoms. The van der Waals surface area contributed by atoms with E-state index in [0.29, 0.717) is 22.4 Å². The number of hydrogen-bond donors (Lipinski definition) is 1. The van der Waals surface area contributed by atoms with E-state index in [4.69, 9.17) is 4.74 Å². The van der Waals surface area contributed by atoms with Gasteiger partial charge in [-0.25, -0.2) is 4.79 Å². The highest BCUT2D eigenvalue weighted by Gasteiger charge is 2.06. The van der Waals surface area contributed by atoms with Gasteiger partial charge >= 0.3 is 5.97 Å². The van der Waals surface area contributed by atoms with Crippen molar-refractivity contribution in [3.63, 3.8) is 0 Å². The number of amides is 1. The largest absolute Gasteiger partial charge is 0.465 e. The number of esters is 1. The first kappa shape index (κ1) is 18.9. The zero-order chi connectivity index (χ0) is 19.9. The third-order valence-electron chi connectivity index (χ3n) is 4.07. The van der Waals surface area contributed by atoms with Gasteiger partial charge in [0.05, 0.1) is 12.7 Å². The predicted molar refractivity (Wildman–Crippen MR) is 109 cm³/mol. The summed E-state index contributed by atoms with van der Waals surface area (Å²) in [5.74, 6) is 5.51. The lowest BCUT2D eigenvalue weighted by Gasteiger charge is -2.06. The van der Waals surface area contributed by atoms with E-state index in [1.165, 1.54) is 7.11 Å². The van der Waals surface area contributed by atoms with Crippen molar-refractivity contribution in [2.75, 3.05) is 12.4 Å². The highest BCUT2D eigenvalue weighted by Crippen LogP contribution is 2.13. The Morgan fingerprint density at radius 3 is 2.14 bits per heavy atom. The molecule has 0 atom stereocenters. The molecule has 138 valence electrons. The molecule has 0 unspecified atom stereocenters. The Morgan fingerprint density at radius 2 is 1.46 bits per heavy atom. The Labute approximate surface area is 164 Å². The minimum atomic E-state index is -0.399. The summed E-state index contributed by atoms with van der Waals surface area (Å²) in [4.78, 5) is 24.0. The second-order valence-corrected chi connectivity index (χ2v) is 6.22. The van der Waals surface area contributed by atoms with Gasteiger partial charge in [-0.2, -0.15) is 0 Å². The molecule has 0 spiro atoms. The molecule has 1 N–H and O–H groups in total. The number of hydrogen-bond acceptors (Lipinski definition) is 3. The smallest absolute Gasteiger partial charge is 0.337 e. The monoisotopic (exact) mass is 369 g/mol. The minimum absolute atomic E-state index is 0.170. The molecule has 28 heavy (non-hydrogen) atoms. The zero-order valence-electron chi connectivity index (χ0n) is 15.7. The first-order valence-electron chi connectivity index (χ1n) is 8.73. The summed E-state index contributed by atoms with van der Waals surface area (Å²) >= 11 is 0. The summed E-state index contributed by atoms with van der Waals surface area (Å²) < 4.78 is 4.72. The van der Waals surface area contributed by atoms with Crippen molar-refractivity contribution in [2.45, 2.75) is 6.92 Å². The van der Waals surface area contributed by atoms with Crippen LogP contribution in [0, 0.1) is 18.8 Å². The van der Waals surface area contributed by atoms with Crippen LogP contribution in [0.25, 0.3) is 0 Å². The van der Waals surface area contributed by atoms with E-state index >= 15 is 0 Å². The molecular formula is C24H19NO3. The minimum Gasteiger partial charge on any atom is -0.465 e. The number of aryl methyl sites for hydroxylation is 1. The predicted octanol–water partition coefficient (Wildman–Crippen LogP) is 4.43. The standard InChI is InChI=1S/C24H19NO3/c1-17-9-13-20(14-10-17)23(26)25-22-8-4-6-19(16-22)12-11-18-5-3-7-21(15-18)24(27)28-2/h3-10,13-16H,1-2H3,(H,25,26). The summed E-state index contributed by atoms with van der Waals surface area (Å²) in [6.07, 6.45) is 0. The van der Waals surface area contributed by atoms with Crippen LogP contribution < -0.4 is 5.32 Å². The van der Waals surface area contributed by atoms with Gasteiger partial charge in [0.25, 0.3) is 5.91 Å². The topological polar surface area (TPSA) is 55.4 Å². The lowest BCUT2D eigenvalue weighted by atomic mass is 10.1. The number of rotatable bonds is 3. The van der Waals surface area contributed by atoms with E-state index in [0.717, 1.165) is 11.1 Å². The molecule has 4 heteroatoms. The molecule has 3 aromatic rings. The van der Waals surface area contributed by atoms with Crippen molar-refractivity contribution in [2.24, 2.45) is 0 Å². The van der Waals surface area contributed by atoms with E-state index in [1.54, 1.807) is 30.3 Å². The fourth-order valence-electron chi connectivity index (χ4n) is 2.57. The lowest BCUT2D eigenvalue weighted by Crippen LogP contribution is -2.11. The van der Waals surface area contributed by atoms with E-state index in [9.17, 15) is 9.59 Å². The van der Waals surface area contributed by atoms with Crippen LogP contribution in [0.3, 0.4) is 0 Å². The van der Waals surface area contributed by atoms with Crippen LogP contribution in [0.5, 0.6) is 0 Å². The lowest BCUT2D eigenvalue weighted by molar-refractivity contribution is 0.0600. The first-order valence-corrected chi connectivity index (χ1v) is 8.73. The average Bonchev–Trinajstić information content (AvgIpc) is 2.72. The summed E-state index contributed by atoms with van der Waals surface area (Å²) in [7, 11) is 1.34. The van der Waals surface area contributed by atoms with E-state index in [1.807, 2.05) is 49.4 Å². The third-order valence-corrected chi connectivity index (χ3v) is 4.07. The van der Waals surface area contributed by atoms with E-state index in [-0.39, 0.29) is 5.91 Å². The van der Waals surface area contributed by atoms with Gasteiger partial charge in [-0.05, 0) is 55.5 Å². The van der Waals surface area contributed by atoms with Crippen LogP contribution in [0.1, 0.15) is 37.4 Å². The molecule has 0 saturated carbocycles. The fourth-order valence-corrected chi connectivity index (χ4v) is 2.57. The highest BCUT2D eigenvalue weighted by atomic mass is 16.5. The maximum Gasteiger partial charge on any atom is 0.337 e. The number of carbonyl (C=O) groups is 2. The van der Waals surface area contributed by atoms with Crippen molar-refractivity contribution < 1.29 is 14.3 Å². The van der Waals surface area contributed by atoms with Crippen LogP contribution >= 0.6 is 0 Å². The van der Waals surface area contributed by atoms with E-state index in [2.05, 4.69) is 17.2 Å². The van der Waals surface area contributed by atoms with Crippen molar-refractivity contribution in [3.05, 3.63) is 101 Å². The van der Waals surface area contributed by atoms with Crippen LogP contribution in [0.2, 0.25) is 0 Å². The summed E-state index contributed by atoms with van der Waals surface area (Å²) in [6.45, 7) is 1.98. The van der Waals surface area contributed by atoms with Crippen molar-refractivity contribution in [1.29, 1.82) is 0 Å². The molecule has 0 fully saturated rings. The molecule has 0 aliphatic rings. The molecule has 0 aliphatic carbocycles. The Hall–Kier alpha value is -3.84. The number of methoxy groups -OCH3 is 1. The molecule has 0 saturated heterocycles. The third kappa shape index (κ3) is 4.87. The van der Waals surface area contributed by atoms with Crippen molar-refractivity contribution in [1.82, 2.24) is 0 Å². The highest BCUT2D eigenvalue weighted by molar-refractivity contribution is 6.04. The van der Waals surface area contributed by atoms with Crippen molar-refractivity contribution >= 4 is 17.6 Å². The van der Waals surface area contributed by atoms with Gasteiger partial charge in [-0.3, -0.25) is 4.79 Å². The van der Waals surface area contributed by atoms with Crippen LogP contribution in [0.4, 0.5) is 5.69 Å². The average molecular weight is 369 g/mol. The quantitative estimate of drug-likeness (QED) is 0.549. The van der Waals surface area contributed by atoms with Gasteiger partial charge in [0.2, 0.25) is 0 Å². The van der Waals surface area contributed by atoms with Gasteiger partial charge in [0, 0.05) is 22.4 Å². The Morgan fingerprint density at radius 1 is 0.821 bits per heavy atom. The maximum atomic E-state index is 12.4. The summed E-state index contributed by atoms with van der Waals surface area (Å²) in [6, 6.07) is 21.7. The van der Waals surface area contributed by atoms with Crippen molar-refractivity contribution in [3.8, 4) is 11.8 Å². The zero-order valence-corrected chi connectivity index (χ0v) is 15.7. The number of benzene rings is 3. The van der Waals surface area contributed by atoms with Crippen LogP contribution in [0.15, 0.2) is 72.8 Å². The number of carbonyl (C=O) groups excluding carboxylic acids is 2. The van der Waals surface area contributed by atoms with Gasteiger partial charge < -0.3 is 10.1 Å². The van der Waals surface area contributed by atoms with Crippen LogP contribution in [-0.4, -0.2) is 19.0 Å². The Balaban J connectivity index is 1.76. The molecule has 0 heterocycles. The molecule has 4 nitrogen and oxygen atoms in total. The second-order valence-electron chi connectivity index (χ2n) is 6.22.